The number of carbonyl (C=O) groups excluding carboxylic acids is 1. The van der Waals surface area contributed by atoms with E-state index >= 15 is 0 Å². The van der Waals surface area contributed by atoms with Gasteiger partial charge in [-0.2, -0.15) is 0 Å². The molecule has 2 aliphatic carbocycles. The first kappa shape index (κ1) is 15.1. The van der Waals surface area contributed by atoms with Gasteiger partial charge in [0.15, 0.2) is 0 Å². The van der Waals surface area contributed by atoms with Crippen molar-refractivity contribution in [3.05, 3.63) is 35.9 Å². The molecule has 0 heterocycles. The smallest absolute Gasteiger partial charge is 0.307 e. The second-order valence-corrected chi connectivity index (χ2v) is 6.60. The molecule has 4 nitrogen and oxygen atoms in total. The van der Waals surface area contributed by atoms with Crippen LogP contribution in [0, 0.1) is 23.7 Å². The summed E-state index contributed by atoms with van der Waals surface area (Å²) in [6.45, 7) is 0.619. The number of aliphatic carboxylic acids is 1. The van der Waals surface area contributed by atoms with Crippen LogP contribution in [-0.4, -0.2) is 23.5 Å². The molecule has 1 amide bonds. The third kappa shape index (κ3) is 3.01. The van der Waals surface area contributed by atoms with Crippen LogP contribution in [0.25, 0.3) is 0 Å². The van der Waals surface area contributed by atoms with Crippen molar-refractivity contribution in [3.63, 3.8) is 0 Å². The number of hydrogen-bond donors (Lipinski definition) is 2. The zero-order valence-electron chi connectivity index (χ0n) is 12.7. The minimum absolute atomic E-state index is 0.0485. The molecule has 1 aromatic carbocycles. The first-order valence-corrected chi connectivity index (χ1v) is 8.21. The lowest BCUT2D eigenvalue weighted by Crippen LogP contribution is -2.41. The average Bonchev–Trinajstić information content (AvgIpc) is 3.13. The van der Waals surface area contributed by atoms with Gasteiger partial charge in [-0.15, -0.1) is 0 Å². The van der Waals surface area contributed by atoms with Gasteiger partial charge < -0.3 is 10.4 Å². The molecule has 22 heavy (non-hydrogen) atoms. The molecule has 118 valence electrons. The zero-order valence-corrected chi connectivity index (χ0v) is 12.7. The van der Waals surface area contributed by atoms with Gasteiger partial charge in [-0.3, -0.25) is 9.59 Å². The van der Waals surface area contributed by atoms with E-state index in [9.17, 15) is 14.7 Å². The molecule has 0 aromatic heterocycles. The van der Waals surface area contributed by atoms with Crippen LogP contribution in [0.15, 0.2) is 30.3 Å². The molecule has 4 atom stereocenters. The Morgan fingerprint density at radius 3 is 2.45 bits per heavy atom. The number of carbonyl (C=O) groups is 2. The van der Waals surface area contributed by atoms with Crippen molar-refractivity contribution in [2.75, 3.05) is 6.54 Å². The van der Waals surface area contributed by atoms with Crippen LogP contribution in [0.1, 0.15) is 31.2 Å². The molecular formula is C18H23NO3. The summed E-state index contributed by atoms with van der Waals surface area (Å²) in [6, 6.07) is 10.2. The number of hydrogen-bond acceptors (Lipinski definition) is 2. The Hall–Kier alpha value is -1.84. The Labute approximate surface area is 130 Å². The van der Waals surface area contributed by atoms with Gasteiger partial charge in [0.2, 0.25) is 5.91 Å². The lowest BCUT2D eigenvalue weighted by atomic mass is 9.78. The largest absolute Gasteiger partial charge is 0.481 e. The van der Waals surface area contributed by atoms with Crippen LogP contribution >= 0.6 is 0 Å². The van der Waals surface area contributed by atoms with Crippen LogP contribution < -0.4 is 5.32 Å². The lowest BCUT2D eigenvalue weighted by molar-refractivity contribution is -0.149. The number of carboxylic acid groups (broad SMARTS) is 1. The molecule has 2 saturated carbocycles. The van der Waals surface area contributed by atoms with Gasteiger partial charge in [-0.1, -0.05) is 30.3 Å². The van der Waals surface area contributed by atoms with Gasteiger partial charge in [-0.05, 0) is 49.5 Å². The maximum atomic E-state index is 12.4. The number of fused-ring (bicyclic) bond motifs is 2. The number of carboxylic acids is 1. The highest BCUT2D eigenvalue weighted by Gasteiger charge is 2.53. The van der Waals surface area contributed by atoms with E-state index in [0.717, 1.165) is 32.1 Å². The molecule has 4 heteroatoms. The summed E-state index contributed by atoms with van der Waals surface area (Å²) in [5, 5.41) is 12.4. The van der Waals surface area contributed by atoms with Crippen molar-refractivity contribution < 1.29 is 14.7 Å². The highest BCUT2D eigenvalue weighted by molar-refractivity contribution is 5.86. The van der Waals surface area contributed by atoms with Crippen LogP contribution in [-0.2, 0) is 16.0 Å². The van der Waals surface area contributed by atoms with Crippen LogP contribution in [0.3, 0.4) is 0 Å². The van der Waals surface area contributed by atoms with Crippen LogP contribution in [0.5, 0.6) is 0 Å². The topological polar surface area (TPSA) is 66.4 Å². The molecular weight excluding hydrogens is 278 g/mol. The van der Waals surface area contributed by atoms with E-state index in [0.29, 0.717) is 6.54 Å². The van der Waals surface area contributed by atoms with Crippen molar-refractivity contribution >= 4 is 11.9 Å². The van der Waals surface area contributed by atoms with Gasteiger partial charge in [0.25, 0.3) is 0 Å². The fourth-order valence-electron chi connectivity index (χ4n) is 4.29. The highest BCUT2D eigenvalue weighted by Crippen LogP contribution is 2.52. The van der Waals surface area contributed by atoms with Crippen molar-refractivity contribution in [2.24, 2.45) is 23.7 Å². The molecule has 2 aliphatic rings. The quantitative estimate of drug-likeness (QED) is 0.793. The van der Waals surface area contributed by atoms with Crippen molar-refractivity contribution in [1.82, 2.24) is 5.32 Å². The summed E-state index contributed by atoms with van der Waals surface area (Å²) in [5.41, 5.74) is 1.26. The number of amides is 1. The van der Waals surface area contributed by atoms with E-state index in [2.05, 4.69) is 17.4 Å². The number of aryl methyl sites for hydroxylation is 1. The van der Waals surface area contributed by atoms with Crippen molar-refractivity contribution in [1.29, 1.82) is 0 Å². The molecule has 2 bridgehead atoms. The Morgan fingerprint density at radius 2 is 1.77 bits per heavy atom. The van der Waals surface area contributed by atoms with E-state index in [1.807, 2.05) is 18.2 Å². The fraction of sp³-hybridized carbons (Fsp3) is 0.556. The summed E-state index contributed by atoms with van der Waals surface area (Å²) in [4.78, 5) is 23.8. The number of benzene rings is 1. The zero-order chi connectivity index (χ0) is 15.5. The first-order valence-electron chi connectivity index (χ1n) is 8.21. The predicted molar refractivity (Wildman–Crippen MR) is 83.2 cm³/mol. The van der Waals surface area contributed by atoms with E-state index < -0.39 is 11.9 Å². The normalized spacial score (nSPS) is 29.5. The molecule has 3 rings (SSSR count). The lowest BCUT2D eigenvalue weighted by Gasteiger charge is -2.27. The van der Waals surface area contributed by atoms with E-state index in [-0.39, 0.29) is 23.7 Å². The Bertz CT molecular complexity index is 543. The average molecular weight is 301 g/mol. The summed E-state index contributed by atoms with van der Waals surface area (Å²) >= 11 is 0. The summed E-state index contributed by atoms with van der Waals surface area (Å²) in [6.07, 6.45) is 4.71. The maximum Gasteiger partial charge on any atom is 0.307 e. The first-order chi connectivity index (χ1) is 10.7. The molecule has 0 spiro atoms. The maximum absolute atomic E-state index is 12.4. The predicted octanol–water partition coefficient (Wildman–Crippen LogP) is 2.48. The molecule has 0 saturated heterocycles. The highest BCUT2D eigenvalue weighted by atomic mass is 16.4. The Kier molecular flexibility index (Phi) is 4.46. The van der Waals surface area contributed by atoms with Gasteiger partial charge in [0.05, 0.1) is 11.8 Å². The number of rotatable bonds is 6. The second kappa shape index (κ2) is 6.51. The summed E-state index contributed by atoms with van der Waals surface area (Å²) in [7, 11) is 0. The SMILES string of the molecule is O=C(NCCCc1ccccc1)[C@@H]1[C@@H]2CC[C@@H](C2)[C@@H]1C(=O)O. The Balaban J connectivity index is 1.48. The molecule has 2 N–H and O–H groups in total. The van der Waals surface area contributed by atoms with Gasteiger partial charge in [0, 0.05) is 6.54 Å². The standard InChI is InChI=1S/C18H23NO3/c20-17(19-10-4-7-12-5-2-1-3-6-12)15-13-8-9-14(11-13)16(15)18(21)22/h1-3,5-6,13-16H,4,7-11H2,(H,19,20)(H,21,22)/t13-,14+,15-,16+/m1/s1. The molecule has 0 aliphatic heterocycles. The van der Waals surface area contributed by atoms with Gasteiger partial charge >= 0.3 is 5.97 Å². The molecule has 2 fully saturated rings. The second-order valence-electron chi connectivity index (χ2n) is 6.60. The molecule has 1 aromatic rings. The minimum Gasteiger partial charge on any atom is -0.481 e. The number of nitrogens with one attached hydrogen (secondary N) is 1. The van der Waals surface area contributed by atoms with Gasteiger partial charge in [0.1, 0.15) is 0 Å². The third-order valence-electron chi connectivity index (χ3n) is 5.29. The monoisotopic (exact) mass is 301 g/mol. The summed E-state index contributed by atoms with van der Waals surface area (Å²) in [5.74, 6) is -1.13. The van der Waals surface area contributed by atoms with Crippen LogP contribution in [0.4, 0.5) is 0 Å². The van der Waals surface area contributed by atoms with Gasteiger partial charge in [-0.25, -0.2) is 0 Å². The van der Waals surface area contributed by atoms with E-state index in [4.69, 9.17) is 0 Å². The third-order valence-corrected chi connectivity index (χ3v) is 5.29. The van der Waals surface area contributed by atoms with E-state index in [1.54, 1.807) is 0 Å². The van der Waals surface area contributed by atoms with E-state index in [1.165, 1.54) is 5.56 Å². The Morgan fingerprint density at radius 1 is 1.09 bits per heavy atom. The minimum atomic E-state index is -0.795. The van der Waals surface area contributed by atoms with Crippen LogP contribution in [0.2, 0.25) is 0 Å². The fourth-order valence-corrected chi connectivity index (χ4v) is 4.29. The van der Waals surface area contributed by atoms with Crippen molar-refractivity contribution in [3.8, 4) is 0 Å². The summed E-state index contributed by atoms with van der Waals surface area (Å²) < 4.78 is 0. The molecule has 0 unspecified atom stereocenters. The van der Waals surface area contributed by atoms with Crippen molar-refractivity contribution in [2.45, 2.75) is 32.1 Å². The molecule has 0 radical (unpaired) electrons.